The van der Waals surface area contributed by atoms with Gasteiger partial charge in [-0.25, -0.2) is 0 Å². The topological polar surface area (TPSA) is 17.1 Å². The van der Waals surface area contributed by atoms with Gasteiger partial charge in [0.25, 0.3) is 8.92 Å². The minimum atomic E-state index is -0.258. The summed E-state index contributed by atoms with van der Waals surface area (Å²) in [5, 5.41) is 0. The lowest BCUT2D eigenvalue weighted by Crippen LogP contribution is -2.25. The molecule has 1 nitrogen and oxygen atoms in total. The summed E-state index contributed by atoms with van der Waals surface area (Å²) in [7, 11) is 6.44. The molecule has 0 aliphatic carbocycles. The first-order valence-electron chi connectivity index (χ1n) is 4.02. The Morgan fingerprint density at radius 3 is 2.60 bits per heavy atom. The lowest BCUT2D eigenvalue weighted by molar-refractivity contribution is 0.586. The van der Waals surface area contributed by atoms with Crippen LogP contribution in [0.3, 0.4) is 0 Å². The van der Waals surface area contributed by atoms with Crippen LogP contribution in [0, 0.1) is 0 Å². The Labute approximate surface area is 81.8 Å². The van der Waals surface area contributed by atoms with Crippen molar-refractivity contribution in [2.45, 2.75) is 0 Å². The van der Waals surface area contributed by atoms with Crippen LogP contribution in [0.25, 0.3) is 0 Å². The van der Waals surface area contributed by atoms with Gasteiger partial charge in [-0.2, -0.15) is 0 Å². The van der Waals surface area contributed by atoms with E-state index in [1.165, 1.54) is 0 Å². The average Bonchev–Trinajstić information content (AvgIpc) is 1.97. The van der Waals surface area contributed by atoms with Crippen molar-refractivity contribution in [2.75, 3.05) is 0 Å². The minimum absolute atomic E-state index is 0.258. The van der Waals surface area contributed by atoms with Crippen molar-refractivity contribution in [3.05, 3.63) is 0 Å². The van der Waals surface area contributed by atoms with Crippen LogP contribution in [-0.4, -0.2) is 77.7 Å². The summed E-state index contributed by atoms with van der Waals surface area (Å²) in [6.07, 6.45) is 0. The molecule has 0 rings (SSSR count). The third-order valence-electron chi connectivity index (χ3n) is 1.44. The van der Waals surface area contributed by atoms with Gasteiger partial charge in [0.2, 0.25) is 0 Å². The number of hydrogen-bond donors (Lipinski definition) is 0. The van der Waals surface area contributed by atoms with Crippen LogP contribution in [0.4, 0.5) is 0 Å². The number of rotatable bonds is 6. The zero-order chi connectivity index (χ0) is 7.66. The molecule has 58 valence electrons. The third-order valence-corrected chi connectivity index (χ3v) is 112. The molecular weight excluding hydrogens is 269 g/mol. The molecule has 0 saturated heterocycles. The first kappa shape index (κ1) is 11.8. The van der Waals surface area contributed by atoms with E-state index in [1.54, 1.807) is 9.76 Å². The van der Waals surface area contributed by atoms with Gasteiger partial charge in [0.1, 0.15) is 0 Å². The fourth-order valence-electron chi connectivity index (χ4n) is 0.841. The van der Waals surface area contributed by atoms with Crippen LogP contribution in [-0.2, 0) is 4.46 Å². The molecule has 0 atom stereocenters. The molecule has 0 aromatic heterocycles. The summed E-state index contributed by atoms with van der Waals surface area (Å²) in [6.45, 7) is 0. The first-order valence-corrected chi connectivity index (χ1v) is 34.7. The molecule has 0 radical (unpaired) electrons. The van der Waals surface area contributed by atoms with Crippen molar-refractivity contribution in [1.29, 1.82) is 0 Å². The van der Waals surface area contributed by atoms with E-state index >= 15 is 0 Å². The van der Waals surface area contributed by atoms with Crippen LogP contribution in [0.2, 0.25) is 0 Å². The molecule has 0 aromatic rings. The molecule has 0 saturated carbocycles. The summed E-state index contributed by atoms with van der Waals surface area (Å²) in [4.78, 5) is 0. The molecule has 10 heteroatoms. The summed E-state index contributed by atoms with van der Waals surface area (Å²) in [5.41, 5.74) is 0. The fourth-order valence-corrected chi connectivity index (χ4v) is 195. The predicted molar refractivity (Wildman–Crippen MR) is 74.8 cm³/mol. The highest BCUT2D eigenvalue weighted by Gasteiger charge is 1.87. The quantitative estimate of drug-likeness (QED) is 0.350. The van der Waals surface area contributed by atoms with E-state index in [1.807, 2.05) is 0 Å². The Morgan fingerprint density at radius 1 is 1.20 bits per heavy atom. The molecule has 0 spiro atoms. The Bertz CT molecular complexity index is 94.9. The van der Waals surface area contributed by atoms with Gasteiger partial charge in [-0.3, -0.25) is 0 Å². The molecule has 0 aliphatic rings. The van der Waals surface area contributed by atoms with Crippen molar-refractivity contribution in [3.63, 3.8) is 0 Å². The maximum atomic E-state index is 10.2. The van der Waals surface area contributed by atoms with Crippen LogP contribution < -0.4 is 0 Å². The summed E-state index contributed by atoms with van der Waals surface area (Å²) in [5.74, 6) is 0. The van der Waals surface area contributed by atoms with Gasteiger partial charge in [-0.05, 0) is 52.1 Å². The van der Waals surface area contributed by atoms with Crippen LogP contribution >= 0.6 is 0 Å². The molecule has 10 heavy (non-hydrogen) atoms. The third kappa shape index (κ3) is 9.75. The Hall–Kier alpha value is 1.75. The lowest BCUT2D eigenvalue weighted by atomic mass is 16.0. The van der Waals surface area contributed by atoms with E-state index in [9.17, 15) is 4.46 Å². The molecule has 0 bridgehead atoms. The van der Waals surface area contributed by atoms with Crippen LogP contribution in [0.15, 0.2) is 0 Å². The second-order valence-electron chi connectivity index (χ2n) is 2.41. The largest absolute Gasteiger partial charge is 0.393 e. The Balaban J connectivity index is 2.90. The van der Waals surface area contributed by atoms with Crippen molar-refractivity contribution in [2.24, 2.45) is 0 Å². The smallest absolute Gasteiger partial charge is 0.252 e. The summed E-state index contributed by atoms with van der Waals surface area (Å²) >= 11 is 0. The SMILES string of the molecule is O=[SiH][SiH]=[SiH][SiH2][SiH2][SiH2][SiH2][SiH2][SiH3]. The monoisotopic (exact) mass is 284 g/mol. The van der Waals surface area contributed by atoms with Gasteiger partial charge in [0.05, 0.1) is 0 Å². The Morgan fingerprint density at radius 2 is 2.00 bits per heavy atom. The van der Waals surface area contributed by atoms with E-state index in [2.05, 4.69) is 0 Å². The second kappa shape index (κ2) is 10.8. The van der Waals surface area contributed by atoms with Crippen molar-refractivity contribution in [3.8, 4) is 0 Å². The predicted octanol–water partition coefficient (Wildman–Crippen LogP) is -7.83. The fraction of sp³-hybridized carbons (Fsp3) is 0. The molecule has 0 heterocycles. The standard InChI is InChI=1S/H16OSi9/c1-3-5-7-9-10-8-6-4-2/h3,5,7H,4,6,8-10H2,2H3. The van der Waals surface area contributed by atoms with Crippen molar-refractivity contribution < 1.29 is 4.46 Å². The molecule has 0 amide bonds. The number of hydrogen-bond acceptors (Lipinski definition) is 1. The van der Waals surface area contributed by atoms with E-state index in [-0.39, 0.29) is 8.92 Å². The highest BCUT2D eigenvalue weighted by molar-refractivity contribution is 7.63. The first-order chi connectivity index (χ1) is 4.91. The molecule has 0 aromatic carbocycles. The van der Waals surface area contributed by atoms with Crippen LogP contribution in [0.5, 0.6) is 0 Å². The maximum Gasteiger partial charge on any atom is 0.252 e. The Kier molecular flexibility index (Phi) is 12.6. The van der Waals surface area contributed by atoms with Crippen LogP contribution in [0.1, 0.15) is 0 Å². The normalized spacial score (nSPS) is 16.8. The van der Waals surface area contributed by atoms with E-state index < -0.39 is 0 Å². The zero-order valence-electron chi connectivity index (χ0n) is 6.68. The van der Waals surface area contributed by atoms with E-state index in [0.717, 1.165) is 33.8 Å². The molecule has 0 unspecified atom stereocenters. The van der Waals surface area contributed by atoms with Gasteiger partial charge in [0.15, 0.2) is 0 Å². The molecule has 0 fully saturated rings. The summed E-state index contributed by atoms with van der Waals surface area (Å²) in [6, 6.07) is 0. The van der Waals surface area contributed by atoms with Gasteiger partial charge in [0, 0.05) is 16.7 Å². The van der Waals surface area contributed by atoms with Gasteiger partial charge in [-0.1, -0.05) is 0 Å². The van der Waals surface area contributed by atoms with Gasteiger partial charge in [-0.15, -0.1) is 0 Å². The molecular formula is H16OSi9. The van der Waals surface area contributed by atoms with Gasteiger partial charge >= 0.3 is 0 Å². The second-order valence-corrected chi connectivity index (χ2v) is 62.7. The lowest BCUT2D eigenvalue weighted by Gasteiger charge is -1.87. The van der Waals surface area contributed by atoms with E-state index in [0.29, 0.717) is 25.2 Å². The highest BCUT2D eigenvalue weighted by atomic mass is 30.0. The van der Waals surface area contributed by atoms with Crippen molar-refractivity contribution in [1.82, 2.24) is 0 Å². The van der Waals surface area contributed by atoms with Gasteiger partial charge < -0.3 is 4.46 Å². The zero-order valence-corrected chi connectivity index (χ0v) is 19.2. The minimum Gasteiger partial charge on any atom is -0.393 e. The van der Waals surface area contributed by atoms with Crippen molar-refractivity contribution >= 4 is 77.7 Å². The van der Waals surface area contributed by atoms with E-state index in [4.69, 9.17) is 0 Å². The molecule has 0 aliphatic heterocycles. The average molecular weight is 285 g/mol. The molecule has 0 N–H and O–H groups in total. The maximum absolute atomic E-state index is 10.2. The summed E-state index contributed by atoms with van der Waals surface area (Å²) < 4.78 is 10.2. The highest BCUT2D eigenvalue weighted by Crippen LogP contribution is 1.49.